The van der Waals surface area contributed by atoms with Crippen molar-refractivity contribution in [1.29, 1.82) is 0 Å². The van der Waals surface area contributed by atoms with Gasteiger partial charge in [0.1, 0.15) is 17.1 Å². The van der Waals surface area contributed by atoms with Crippen molar-refractivity contribution >= 4 is 17.7 Å². The molecule has 0 radical (unpaired) electrons. The lowest BCUT2D eigenvalue weighted by Crippen LogP contribution is -2.44. The summed E-state index contributed by atoms with van der Waals surface area (Å²) < 4.78 is 6.66. The maximum absolute atomic E-state index is 12.7. The van der Waals surface area contributed by atoms with Crippen molar-refractivity contribution in [2.75, 3.05) is 13.6 Å². The molecule has 3 rings (SSSR count). The van der Waals surface area contributed by atoms with E-state index in [-0.39, 0.29) is 36.7 Å². The second-order valence-electron chi connectivity index (χ2n) is 8.22. The Balaban J connectivity index is 1.58. The average Bonchev–Trinajstić information content (AvgIpc) is 3.30. The van der Waals surface area contributed by atoms with Crippen molar-refractivity contribution < 1.29 is 18.9 Å². The van der Waals surface area contributed by atoms with Gasteiger partial charge in [0.15, 0.2) is 0 Å². The number of nitrogens with one attached hydrogen (secondary N) is 2. The van der Waals surface area contributed by atoms with Crippen molar-refractivity contribution in [2.45, 2.75) is 52.1 Å². The van der Waals surface area contributed by atoms with E-state index in [9.17, 15) is 14.4 Å². The third-order valence-electron chi connectivity index (χ3n) is 5.62. The van der Waals surface area contributed by atoms with Crippen LogP contribution >= 0.6 is 0 Å². The first-order valence-corrected chi connectivity index (χ1v) is 10.5. The molecule has 10 nitrogen and oxygen atoms in total. The molecule has 0 aromatic carbocycles. The number of aryl methyl sites for hydroxylation is 3. The van der Waals surface area contributed by atoms with Gasteiger partial charge in [0.2, 0.25) is 11.8 Å². The van der Waals surface area contributed by atoms with Gasteiger partial charge in [-0.1, -0.05) is 11.6 Å². The van der Waals surface area contributed by atoms with Crippen LogP contribution in [0, 0.1) is 19.8 Å². The van der Waals surface area contributed by atoms with Crippen molar-refractivity contribution in [3.05, 3.63) is 35.0 Å². The number of rotatable bonds is 5. The van der Waals surface area contributed by atoms with Gasteiger partial charge < -0.3 is 20.1 Å². The highest BCUT2D eigenvalue weighted by atomic mass is 16.5. The largest absolute Gasteiger partial charge is 0.361 e. The number of carbonyl (C=O) groups excluding carboxylic acids is 3. The lowest BCUT2D eigenvalue weighted by atomic mass is 9.96. The summed E-state index contributed by atoms with van der Waals surface area (Å²) in [4.78, 5) is 39.5. The highest BCUT2D eigenvalue weighted by Crippen LogP contribution is 2.19. The molecule has 1 aliphatic heterocycles. The minimum absolute atomic E-state index is 0.118. The van der Waals surface area contributed by atoms with Crippen LogP contribution in [0.3, 0.4) is 0 Å². The smallest absolute Gasteiger partial charge is 0.272 e. The van der Waals surface area contributed by atoms with Crippen molar-refractivity contribution in [2.24, 2.45) is 13.0 Å². The lowest BCUT2D eigenvalue weighted by Gasteiger charge is -2.24. The number of likely N-dealkylation sites (N-methyl/N-ethyl adjacent to an activating group) is 1. The Kier molecular flexibility index (Phi) is 7.09. The van der Waals surface area contributed by atoms with Gasteiger partial charge in [-0.3, -0.25) is 19.1 Å². The van der Waals surface area contributed by atoms with E-state index in [2.05, 4.69) is 20.9 Å². The molecular formula is C21H30N6O4. The Bertz CT molecular complexity index is 930. The fourth-order valence-electron chi connectivity index (χ4n) is 3.70. The normalized spacial score (nSPS) is 20.0. The van der Waals surface area contributed by atoms with E-state index in [0.29, 0.717) is 43.0 Å². The Morgan fingerprint density at radius 3 is 2.65 bits per heavy atom. The first kappa shape index (κ1) is 22.5. The Morgan fingerprint density at radius 2 is 2.00 bits per heavy atom. The maximum atomic E-state index is 12.7. The quantitative estimate of drug-likeness (QED) is 0.732. The molecule has 1 aliphatic rings. The van der Waals surface area contributed by atoms with Gasteiger partial charge in [-0.05, 0) is 32.8 Å². The summed E-state index contributed by atoms with van der Waals surface area (Å²) in [6.45, 7) is 4.32. The summed E-state index contributed by atoms with van der Waals surface area (Å²) in [7, 11) is 3.48. The summed E-state index contributed by atoms with van der Waals surface area (Å²) in [5.41, 5.74) is 1.89. The minimum Gasteiger partial charge on any atom is -0.361 e. The van der Waals surface area contributed by atoms with Gasteiger partial charge >= 0.3 is 0 Å². The van der Waals surface area contributed by atoms with E-state index in [1.54, 1.807) is 42.7 Å². The van der Waals surface area contributed by atoms with Crippen LogP contribution in [0.2, 0.25) is 0 Å². The maximum Gasteiger partial charge on any atom is 0.272 e. The summed E-state index contributed by atoms with van der Waals surface area (Å²) in [6, 6.07) is 3.29. The Labute approximate surface area is 181 Å². The van der Waals surface area contributed by atoms with Crippen LogP contribution in [-0.4, -0.2) is 57.2 Å². The van der Waals surface area contributed by atoms with Crippen molar-refractivity contribution in [3.8, 4) is 0 Å². The minimum atomic E-state index is -0.421. The molecule has 0 saturated carbocycles. The number of hydrogen-bond acceptors (Lipinski definition) is 6. The van der Waals surface area contributed by atoms with Gasteiger partial charge in [0, 0.05) is 50.8 Å². The third kappa shape index (κ3) is 5.93. The molecule has 0 spiro atoms. The highest BCUT2D eigenvalue weighted by molar-refractivity contribution is 5.92. The summed E-state index contributed by atoms with van der Waals surface area (Å²) >= 11 is 0. The molecule has 3 heterocycles. The first-order valence-electron chi connectivity index (χ1n) is 10.5. The van der Waals surface area contributed by atoms with Crippen LogP contribution in [0.15, 0.2) is 16.7 Å². The molecule has 168 valence electrons. The van der Waals surface area contributed by atoms with E-state index in [4.69, 9.17) is 4.52 Å². The molecule has 0 bridgehead atoms. The molecule has 2 N–H and O–H groups in total. The van der Waals surface area contributed by atoms with E-state index < -0.39 is 5.92 Å². The molecular weight excluding hydrogens is 400 g/mol. The van der Waals surface area contributed by atoms with Crippen LogP contribution in [0.1, 0.15) is 53.3 Å². The molecule has 31 heavy (non-hydrogen) atoms. The molecule has 1 saturated heterocycles. The fourth-order valence-corrected chi connectivity index (χ4v) is 3.70. The summed E-state index contributed by atoms with van der Waals surface area (Å²) in [6.07, 6.45) is 2.09. The molecule has 2 atom stereocenters. The second kappa shape index (κ2) is 9.76. The standard InChI is InChI=1S/C21H30N6O4/c1-13-8-18(24-27(13)4)21(30)23-16-7-5-6-15(10-19(28)26(3)12-16)20(29)22-11-17-9-14(2)31-25-17/h8-9,15-16H,5-7,10-12H2,1-4H3,(H,22,29)(H,23,30). The van der Waals surface area contributed by atoms with Gasteiger partial charge in [-0.2, -0.15) is 5.10 Å². The Morgan fingerprint density at radius 1 is 1.23 bits per heavy atom. The highest BCUT2D eigenvalue weighted by Gasteiger charge is 2.28. The van der Waals surface area contributed by atoms with Crippen molar-refractivity contribution in [1.82, 2.24) is 30.5 Å². The molecule has 0 aliphatic carbocycles. The first-order chi connectivity index (χ1) is 14.7. The molecule has 2 aromatic rings. The molecule has 3 amide bonds. The number of amides is 3. The molecule has 1 fully saturated rings. The number of hydrogen-bond donors (Lipinski definition) is 2. The van der Waals surface area contributed by atoms with E-state index in [1.165, 1.54) is 0 Å². The molecule has 10 heteroatoms. The summed E-state index contributed by atoms with van der Waals surface area (Å²) in [5, 5.41) is 13.9. The van der Waals surface area contributed by atoms with Gasteiger partial charge in [0.25, 0.3) is 5.91 Å². The van der Waals surface area contributed by atoms with Crippen LogP contribution in [0.5, 0.6) is 0 Å². The lowest BCUT2D eigenvalue weighted by molar-refractivity contribution is -0.135. The number of carbonyl (C=O) groups is 3. The van der Waals surface area contributed by atoms with Crippen LogP contribution in [0.4, 0.5) is 0 Å². The predicted molar refractivity (Wildman–Crippen MR) is 112 cm³/mol. The SMILES string of the molecule is Cc1cc(CNC(=O)C2CCCC(NC(=O)c3cc(C)n(C)n3)CN(C)C(=O)C2)no1. The van der Waals surface area contributed by atoms with E-state index in [0.717, 1.165) is 5.69 Å². The average molecular weight is 431 g/mol. The van der Waals surface area contributed by atoms with E-state index >= 15 is 0 Å². The van der Waals surface area contributed by atoms with Crippen LogP contribution < -0.4 is 10.6 Å². The summed E-state index contributed by atoms with van der Waals surface area (Å²) in [5.74, 6) is -0.291. The van der Waals surface area contributed by atoms with Gasteiger partial charge in [-0.25, -0.2) is 0 Å². The van der Waals surface area contributed by atoms with Gasteiger partial charge in [-0.15, -0.1) is 0 Å². The molecule has 2 unspecified atom stereocenters. The monoisotopic (exact) mass is 430 g/mol. The second-order valence-corrected chi connectivity index (χ2v) is 8.22. The topological polar surface area (TPSA) is 122 Å². The Hall–Kier alpha value is -3.17. The number of nitrogens with zero attached hydrogens (tertiary/aromatic N) is 4. The third-order valence-corrected chi connectivity index (χ3v) is 5.62. The van der Waals surface area contributed by atoms with Crippen molar-refractivity contribution in [3.63, 3.8) is 0 Å². The fraction of sp³-hybridized carbons (Fsp3) is 0.571. The number of aromatic nitrogens is 3. The van der Waals surface area contributed by atoms with Gasteiger partial charge in [0.05, 0.1) is 6.54 Å². The molecule has 2 aromatic heterocycles. The van der Waals surface area contributed by atoms with Crippen LogP contribution in [0.25, 0.3) is 0 Å². The van der Waals surface area contributed by atoms with E-state index in [1.807, 2.05) is 6.92 Å². The zero-order valence-corrected chi connectivity index (χ0v) is 18.5. The predicted octanol–water partition coefficient (Wildman–Crippen LogP) is 1.09. The zero-order chi connectivity index (χ0) is 22.5. The zero-order valence-electron chi connectivity index (χ0n) is 18.5. The van der Waals surface area contributed by atoms with Crippen LogP contribution in [-0.2, 0) is 23.2 Å².